The molecule has 0 aromatic carbocycles. The number of nitrogens with one attached hydrogen (secondary N) is 1. The Morgan fingerprint density at radius 2 is 1.92 bits per heavy atom. The Kier molecular flexibility index (Phi) is 4.58. The number of aromatic nitrogens is 2. The van der Waals surface area contributed by atoms with Gasteiger partial charge in [-0.25, -0.2) is 4.79 Å². The van der Waals surface area contributed by atoms with Crippen LogP contribution in [0.1, 0.15) is 13.8 Å². The van der Waals surface area contributed by atoms with Gasteiger partial charge in [0.05, 0.1) is 4.47 Å². The maximum atomic E-state index is 10.7. The number of H-pyrrole nitrogens is 1. The summed E-state index contributed by atoms with van der Waals surface area (Å²) in [7, 11) is 1.56. The molecule has 5 heteroatoms. The molecular weight excluding hydrogens is 224 g/mol. The fourth-order valence-electron chi connectivity index (χ4n) is 0.532. The molecule has 0 radical (unpaired) electrons. The lowest BCUT2D eigenvalue weighted by atomic mass is 10.6. The number of aryl methyl sites for hydroxylation is 1. The Labute approximate surface area is 78.4 Å². The standard InChI is InChI=1S/C5H5BrN2O2.C2H6/c1-8-2-3(6)4(9)7-5(8)10;1-2/h2H,1H3,(H,7,9,10);1-2H3. The molecule has 68 valence electrons. The average molecular weight is 235 g/mol. The molecule has 0 bridgehead atoms. The summed E-state index contributed by atoms with van der Waals surface area (Å²) in [5.41, 5.74) is -0.809. The second-order valence-electron chi connectivity index (χ2n) is 1.85. The van der Waals surface area contributed by atoms with E-state index in [1.165, 1.54) is 10.8 Å². The zero-order valence-corrected chi connectivity index (χ0v) is 8.81. The molecule has 1 rings (SSSR count). The van der Waals surface area contributed by atoms with Crippen LogP contribution in [0, 0.1) is 0 Å². The summed E-state index contributed by atoms with van der Waals surface area (Å²) < 4.78 is 1.64. The average Bonchev–Trinajstić information content (AvgIpc) is 2.05. The minimum absolute atomic E-state index is 0.356. The highest BCUT2D eigenvalue weighted by molar-refractivity contribution is 9.10. The summed E-state index contributed by atoms with van der Waals surface area (Å²) in [6.45, 7) is 4.00. The van der Waals surface area contributed by atoms with Crippen LogP contribution >= 0.6 is 15.9 Å². The second-order valence-corrected chi connectivity index (χ2v) is 2.70. The van der Waals surface area contributed by atoms with Crippen LogP contribution in [0.25, 0.3) is 0 Å². The first kappa shape index (κ1) is 11.2. The van der Waals surface area contributed by atoms with Gasteiger partial charge in [0.25, 0.3) is 5.56 Å². The van der Waals surface area contributed by atoms with Crippen LogP contribution < -0.4 is 11.2 Å². The molecule has 0 atom stereocenters. The first-order valence-electron chi connectivity index (χ1n) is 3.56. The molecule has 0 aliphatic heterocycles. The Morgan fingerprint density at radius 1 is 1.42 bits per heavy atom. The van der Waals surface area contributed by atoms with Crippen molar-refractivity contribution in [2.75, 3.05) is 0 Å². The van der Waals surface area contributed by atoms with Crippen LogP contribution in [0.15, 0.2) is 20.3 Å². The van der Waals surface area contributed by atoms with Gasteiger partial charge in [-0.05, 0) is 15.9 Å². The van der Waals surface area contributed by atoms with Gasteiger partial charge in [0.15, 0.2) is 0 Å². The first-order chi connectivity index (χ1) is 5.61. The highest BCUT2D eigenvalue weighted by Crippen LogP contribution is 1.95. The van der Waals surface area contributed by atoms with E-state index in [9.17, 15) is 9.59 Å². The van der Waals surface area contributed by atoms with Crippen molar-refractivity contribution in [3.05, 3.63) is 31.5 Å². The number of rotatable bonds is 0. The van der Waals surface area contributed by atoms with Crippen molar-refractivity contribution in [1.82, 2.24) is 9.55 Å². The lowest BCUT2D eigenvalue weighted by Crippen LogP contribution is -2.27. The third kappa shape index (κ3) is 2.65. The van der Waals surface area contributed by atoms with E-state index in [-0.39, 0.29) is 0 Å². The van der Waals surface area contributed by atoms with Gasteiger partial charge in [0.1, 0.15) is 0 Å². The third-order valence-corrected chi connectivity index (χ3v) is 1.63. The van der Waals surface area contributed by atoms with Gasteiger partial charge in [0, 0.05) is 13.2 Å². The van der Waals surface area contributed by atoms with E-state index in [2.05, 4.69) is 20.9 Å². The summed E-state index contributed by atoms with van der Waals surface area (Å²) in [4.78, 5) is 23.5. The maximum Gasteiger partial charge on any atom is 0.328 e. The monoisotopic (exact) mass is 234 g/mol. The second kappa shape index (κ2) is 4.92. The summed E-state index contributed by atoms with van der Waals surface area (Å²) >= 11 is 2.98. The molecule has 0 aliphatic rings. The van der Waals surface area contributed by atoms with Crippen LogP contribution in [-0.2, 0) is 7.05 Å². The molecule has 0 aliphatic carbocycles. The summed E-state index contributed by atoms with van der Waals surface area (Å²) in [5, 5.41) is 0. The van der Waals surface area contributed by atoms with E-state index in [1.54, 1.807) is 7.05 Å². The molecule has 1 N–H and O–H groups in total. The number of hydrogen-bond acceptors (Lipinski definition) is 2. The SMILES string of the molecule is CC.Cn1cc(Br)c(=O)[nH]c1=O. The molecule has 1 aromatic heterocycles. The van der Waals surface area contributed by atoms with Gasteiger partial charge < -0.3 is 4.57 Å². The van der Waals surface area contributed by atoms with Crippen LogP contribution in [0.3, 0.4) is 0 Å². The molecule has 0 amide bonds. The van der Waals surface area contributed by atoms with E-state index >= 15 is 0 Å². The minimum Gasteiger partial charge on any atom is -0.303 e. The predicted octanol–water partition coefficient (Wildman–Crippen LogP) is 0.862. The fraction of sp³-hybridized carbons (Fsp3) is 0.429. The van der Waals surface area contributed by atoms with Crippen LogP contribution in [-0.4, -0.2) is 9.55 Å². The Balaban J connectivity index is 0.000000561. The van der Waals surface area contributed by atoms with E-state index in [0.717, 1.165) is 0 Å². The Morgan fingerprint density at radius 3 is 2.33 bits per heavy atom. The van der Waals surface area contributed by atoms with Gasteiger partial charge >= 0.3 is 5.69 Å². The smallest absolute Gasteiger partial charge is 0.303 e. The molecule has 1 aromatic rings. The van der Waals surface area contributed by atoms with E-state index < -0.39 is 11.2 Å². The molecule has 4 nitrogen and oxygen atoms in total. The number of aromatic amines is 1. The van der Waals surface area contributed by atoms with Gasteiger partial charge in [-0.2, -0.15) is 0 Å². The van der Waals surface area contributed by atoms with Crippen molar-refractivity contribution in [1.29, 1.82) is 0 Å². The van der Waals surface area contributed by atoms with Crippen molar-refractivity contribution in [3.8, 4) is 0 Å². The van der Waals surface area contributed by atoms with Crippen molar-refractivity contribution < 1.29 is 0 Å². The molecule has 0 saturated carbocycles. The first-order valence-corrected chi connectivity index (χ1v) is 4.36. The number of nitrogens with zero attached hydrogens (tertiary/aromatic N) is 1. The summed E-state index contributed by atoms with van der Waals surface area (Å²) in [5.74, 6) is 0. The van der Waals surface area contributed by atoms with Crippen LogP contribution in [0.5, 0.6) is 0 Å². The van der Waals surface area contributed by atoms with Crippen molar-refractivity contribution >= 4 is 15.9 Å². The minimum atomic E-state index is -0.409. The van der Waals surface area contributed by atoms with Crippen LogP contribution in [0.2, 0.25) is 0 Å². The molecule has 0 fully saturated rings. The fourth-order valence-corrected chi connectivity index (χ4v) is 0.939. The maximum absolute atomic E-state index is 10.7. The van der Waals surface area contributed by atoms with Crippen molar-refractivity contribution in [2.45, 2.75) is 13.8 Å². The van der Waals surface area contributed by atoms with E-state index in [0.29, 0.717) is 4.47 Å². The van der Waals surface area contributed by atoms with Crippen molar-refractivity contribution in [3.63, 3.8) is 0 Å². The van der Waals surface area contributed by atoms with Gasteiger partial charge in [-0.3, -0.25) is 9.78 Å². The molecule has 0 saturated heterocycles. The highest BCUT2D eigenvalue weighted by Gasteiger charge is 1.95. The Bertz CT molecular complexity index is 322. The third-order valence-electron chi connectivity index (χ3n) is 1.06. The zero-order chi connectivity index (χ0) is 9.72. The Hall–Kier alpha value is -0.840. The summed E-state index contributed by atoms with van der Waals surface area (Å²) in [6.07, 6.45) is 1.42. The molecule has 12 heavy (non-hydrogen) atoms. The topological polar surface area (TPSA) is 54.9 Å². The lowest BCUT2D eigenvalue weighted by Gasteiger charge is -1.93. The van der Waals surface area contributed by atoms with Crippen LogP contribution in [0.4, 0.5) is 0 Å². The zero-order valence-electron chi connectivity index (χ0n) is 7.22. The molecule has 0 spiro atoms. The molecule has 1 heterocycles. The van der Waals surface area contributed by atoms with Gasteiger partial charge in [-0.1, -0.05) is 13.8 Å². The lowest BCUT2D eigenvalue weighted by molar-refractivity contribution is 0.793. The largest absolute Gasteiger partial charge is 0.328 e. The molecule has 0 unspecified atom stereocenters. The normalized spacial score (nSPS) is 8.67. The highest BCUT2D eigenvalue weighted by atomic mass is 79.9. The van der Waals surface area contributed by atoms with Gasteiger partial charge in [-0.15, -0.1) is 0 Å². The molecular formula is C7H11BrN2O2. The number of halogens is 1. The predicted molar refractivity (Wildman–Crippen MR) is 51.4 cm³/mol. The van der Waals surface area contributed by atoms with E-state index in [4.69, 9.17) is 0 Å². The van der Waals surface area contributed by atoms with E-state index in [1.807, 2.05) is 13.8 Å². The van der Waals surface area contributed by atoms with Gasteiger partial charge in [0.2, 0.25) is 0 Å². The number of hydrogen-bond donors (Lipinski definition) is 1. The van der Waals surface area contributed by atoms with Crippen molar-refractivity contribution in [2.24, 2.45) is 7.05 Å². The quantitative estimate of drug-likeness (QED) is 0.725. The summed E-state index contributed by atoms with van der Waals surface area (Å²) in [6, 6.07) is 0.